The molecule has 4 heterocycles. The van der Waals surface area contributed by atoms with Gasteiger partial charge in [0.25, 0.3) is 0 Å². The Morgan fingerprint density at radius 3 is 1.66 bits per heavy atom. The second-order valence-electron chi connectivity index (χ2n) is 9.46. The Hall–Kier alpha value is -4.09. The van der Waals surface area contributed by atoms with E-state index >= 15 is 0 Å². The van der Waals surface area contributed by atoms with Gasteiger partial charge in [-0.05, 0) is 40.8 Å². The van der Waals surface area contributed by atoms with Crippen molar-refractivity contribution in [2.24, 2.45) is 11.8 Å². The molecule has 0 saturated carbocycles. The molecule has 2 amide bonds. The number of aromatic nitrogens is 1. The number of imide groups is 1. The third-order valence-corrected chi connectivity index (χ3v) is 7.83. The summed E-state index contributed by atoms with van der Waals surface area (Å²) in [4.78, 5) is 34.3. The summed E-state index contributed by atoms with van der Waals surface area (Å²) in [6.45, 7) is 1.87. The lowest BCUT2D eigenvalue weighted by atomic mass is 9.61. The summed E-state index contributed by atoms with van der Waals surface area (Å²) in [5, 5.41) is 0. The number of pyridine rings is 1. The largest absolute Gasteiger partial charge is 0.348 e. The minimum atomic E-state index is -1.08. The van der Waals surface area contributed by atoms with Crippen molar-refractivity contribution >= 4 is 17.6 Å². The molecule has 0 radical (unpaired) electrons. The van der Waals surface area contributed by atoms with E-state index < -0.39 is 23.0 Å². The van der Waals surface area contributed by atoms with Crippen molar-refractivity contribution < 1.29 is 14.3 Å². The highest BCUT2D eigenvalue weighted by molar-refractivity contribution is 6.23. The number of amides is 2. The maximum Gasteiger partial charge on any atom is 0.242 e. The number of hydrogen-bond donors (Lipinski definition) is 0. The molecule has 1 aromatic heterocycles. The van der Waals surface area contributed by atoms with E-state index in [2.05, 4.69) is 4.98 Å². The maximum atomic E-state index is 14.3. The van der Waals surface area contributed by atoms with Crippen LogP contribution in [0, 0.1) is 18.8 Å². The molecule has 2 fully saturated rings. The standard InChI is InChI=1S/C30H22N2O3/c1-19-11-10-18-31-26(19)32-27(33)24-25(28(32)34)30(21-14-6-3-7-15-21)23-17-9-8-16-22(23)29(24,35-30)20-12-4-2-5-13-20/h2-18,24-25H,1H3/t24-,25+,29+,30-. The molecule has 0 N–H and O–H groups in total. The van der Waals surface area contributed by atoms with E-state index in [9.17, 15) is 9.59 Å². The van der Waals surface area contributed by atoms with Gasteiger partial charge in [0.2, 0.25) is 11.8 Å². The van der Waals surface area contributed by atoms with E-state index in [1.54, 1.807) is 6.20 Å². The van der Waals surface area contributed by atoms with Crippen molar-refractivity contribution in [1.29, 1.82) is 0 Å². The molecule has 4 atom stereocenters. The molecule has 2 saturated heterocycles. The van der Waals surface area contributed by atoms with Crippen molar-refractivity contribution in [3.63, 3.8) is 0 Å². The lowest BCUT2D eigenvalue weighted by Gasteiger charge is -2.34. The van der Waals surface area contributed by atoms with Crippen molar-refractivity contribution in [2.45, 2.75) is 18.1 Å². The van der Waals surface area contributed by atoms with Crippen molar-refractivity contribution in [3.8, 4) is 0 Å². The normalized spacial score (nSPS) is 28.3. The highest BCUT2D eigenvalue weighted by atomic mass is 16.5. The monoisotopic (exact) mass is 458 g/mol. The molecule has 7 rings (SSSR count). The van der Waals surface area contributed by atoms with E-state index in [-0.39, 0.29) is 11.8 Å². The van der Waals surface area contributed by atoms with Crippen LogP contribution in [0.2, 0.25) is 0 Å². The summed E-state index contributed by atoms with van der Waals surface area (Å²) >= 11 is 0. The van der Waals surface area contributed by atoms with Crippen molar-refractivity contribution in [1.82, 2.24) is 4.98 Å². The summed E-state index contributed by atoms with van der Waals surface area (Å²) in [6.07, 6.45) is 1.62. The Labute approximate surface area is 203 Å². The molecule has 0 unspecified atom stereocenters. The van der Waals surface area contributed by atoms with Crippen LogP contribution in [0.25, 0.3) is 0 Å². The van der Waals surface area contributed by atoms with Crippen LogP contribution in [0.1, 0.15) is 27.8 Å². The third kappa shape index (κ3) is 2.33. The first-order chi connectivity index (χ1) is 17.1. The highest BCUT2D eigenvalue weighted by Gasteiger charge is 2.78. The lowest BCUT2D eigenvalue weighted by Crippen LogP contribution is -2.42. The number of nitrogens with zero attached hydrogens (tertiary/aromatic N) is 2. The predicted octanol–water partition coefficient (Wildman–Crippen LogP) is 4.73. The van der Waals surface area contributed by atoms with Crippen LogP contribution in [0.5, 0.6) is 0 Å². The van der Waals surface area contributed by atoms with Gasteiger partial charge in [-0.25, -0.2) is 9.88 Å². The maximum absolute atomic E-state index is 14.3. The third-order valence-electron chi connectivity index (χ3n) is 7.83. The van der Waals surface area contributed by atoms with Gasteiger partial charge in [0.05, 0.1) is 11.8 Å². The van der Waals surface area contributed by atoms with Crippen LogP contribution in [0.15, 0.2) is 103 Å². The van der Waals surface area contributed by atoms with Crippen LogP contribution in [-0.2, 0) is 25.5 Å². The van der Waals surface area contributed by atoms with Crippen LogP contribution in [0.3, 0.4) is 0 Å². The summed E-state index contributed by atoms with van der Waals surface area (Å²) in [7, 11) is 0. The van der Waals surface area contributed by atoms with Crippen LogP contribution in [0.4, 0.5) is 5.82 Å². The summed E-state index contributed by atoms with van der Waals surface area (Å²) < 4.78 is 7.12. The summed E-state index contributed by atoms with van der Waals surface area (Å²) in [5.74, 6) is -1.56. The fourth-order valence-electron chi connectivity index (χ4n) is 6.53. The summed E-state index contributed by atoms with van der Waals surface area (Å²) in [5.41, 5.74) is 2.25. The molecule has 0 spiro atoms. The average molecular weight is 459 g/mol. The van der Waals surface area contributed by atoms with Gasteiger partial charge in [-0.1, -0.05) is 91.0 Å². The Morgan fingerprint density at radius 1 is 0.686 bits per heavy atom. The molecule has 170 valence electrons. The fraction of sp³-hybridized carbons (Fsp3) is 0.167. The molecule has 3 aliphatic rings. The quantitative estimate of drug-likeness (QED) is 0.417. The Balaban J connectivity index is 1.56. The first kappa shape index (κ1) is 20.3. The van der Waals surface area contributed by atoms with Gasteiger partial charge < -0.3 is 4.74 Å². The first-order valence-electron chi connectivity index (χ1n) is 11.8. The number of anilines is 1. The number of carbonyl (C=O) groups excluding carboxylic acids is 2. The number of fused-ring (bicyclic) bond motifs is 8. The molecule has 5 heteroatoms. The summed E-state index contributed by atoms with van der Waals surface area (Å²) in [6, 6.07) is 31.4. The zero-order valence-electron chi connectivity index (χ0n) is 19.1. The van der Waals surface area contributed by atoms with E-state index in [4.69, 9.17) is 4.74 Å². The molecular formula is C30H22N2O3. The number of rotatable bonds is 3. The molecule has 35 heavy (non-hydrogen) atoms. The predicted molar refractivity (Wildman–Crippen MR) is 130 cm³/mol. The zero-order chi connectivity index (χ0) is 23.8. The zero-order valence-corrected chi connectivity index (χ0v) is 19.1. The minimum absolute atomic E-state index is 0.266. The second-order valence-corrected chi connectivity index (χ2v) is 9.46. The topological polar surface area (TPSA) is 59.5 Å². The van der Waals surface area contributed by atoms with E-state index in [0.29, 0.717) is 5.82 Å². The Bertz CT molecular complexity index is 1410. The lowest BCUT2D eigenvalue weighted by molar-refractivity contribution is -0.131. The molecule has 4 aromatic rings. The van der Waals surface area contributed by atoms with Gasteiger partial charge in [0.1, 0.15) is 17.0 Å². The molecule has 3 aromatic carbocycles. The van der Waals surface area contributed by atoms with E-state index in [0.717, 1.165) is 27.8 Å². The number of hydrogen-bond acceptors (Lipinski definition) is 4. The fourth-order valence-corrected chi connectivity index (χ4v) is 6.53. The van der Waals surface area contributed by atoms with Gasteiger partial charge in [-0.15, -0.1) is 0 Å². The average Bonchev–Trinajstić information content (AvgIpc) is 3.50. The second kappa shape index (κ2) is 6.96. The minimum Gasteiger partial charge on any atom is -0.348 e. The van der Waals surface area contributed by atoms with Crippen LogP contribution < -0.4 is 4.90 Å². The van der Waals surface area contributed by atoms with Crippen molar-refractivity contribution in [2.75, 3.05) is 4.90 Å². The molecule has 2 bridgehead atoms. The molecular weight excluding hydrogens is 436 g/mol. The number of benzene rings is 3. The number of aryl methyl sites for hydroxylation is 1. The molecule has 5 nitrogen and oxygen atoms in total. The van der Waals surface area contributed by atoms with Gasteiger partial charge in [0, 0.05) is 6.20 Å². The first-order valence-corrected chi connectivity index (χ1v) is 11.8. The highest BCUT2D eigenvalue weighted by Crippen LogP contribution is 2.70. The smallest absolute Gasteiger partial charge is 0.242 e. The Kier molecular flexibility index (Phi) is 4.04. The SMILES string of the molecule is Cc1cccnc1N1C(=O)[C@@H]2[C@H](C1=O)[C@@]1(c3ccccc3)O[C@]2(c2ccccc2)c2ccccc21. The van der Waals surface area contributed by atoms with Gasteiger partial charge in [0.15, 0.2) is 0 Å². The van der Waals surface area contributed by atoms with Gasteiger partial charge in [-0.3, -0.25) is 9.59 Å². The van der Waals surface area contributed by atoms with E-state index in [1.165, 1.54) is 4.90 Å². The molecule has 0 aliphatic carbocycles. The van der Waals surface area contributed by atoms with Crippen LogP contribution in [-0.4, -0.2) is 16.8 Å². The van der Waals surface area contributed by atoms with Crippen molar-refractivity contribution in [3.05, 3.63) is 131 Å². The van der Waals surface area contributed by atoms with Crippen LogP contribution >= 0.6 is 0 Å². The van der Waals surface area contributed by atoms with Gasteiger partial charge in [-0.2, -0.15) is 0 Å². The number of carbonyl (C=O) groups is 2. The molecule has 3 aliphatic heterocycles. The Morgan fingerprint density at radius 2 is 1.17 bits per heavy atom. The van der Waals surface area contributed by atoms with E-state index in [1.807, 2.05) is 104 Å². The number of ether oxygens (including phenoxy) is 1. The van der Waals surface area contributed by atoms with Gasteiger partial charge >= 0.3 is 0 Å².